The van der Waals surface area contributed by atoms with E-state index in [1.165, 1.54) is 11.3 Å². The van der Waals surface area contributed by atoms with Gasteiger partial charge in [-0.25, -0.2) is 0 Å². The molecular weight excluding hydrogens is 240 g/mol. The molecule has 0 radical (unpaired) electrons. The van der Waals surface area contributed by atoms with Crippen LogP contribution in [0.2, 0.25) is 0 Å². The van der Waals surface area contributed by atoms with Gasteiger partial charge in [0.05, 0.1) is 4.88 Å². The zero-order valence-electron chi connectivity index (χ0n) is 8.10. The molecule has 3 aromatic rings. The summed E-state index contributed by atoms with van der Waals surface area (Å²) in [6.07, 6.45) is 1.72. The minimum Gasteiger partial charge on any atom is -0.298 e. The largest absolute Gasteiger partial charge is 0.298 e. The summed E-state index contributed by atoms with van der Waals surface area (Å²) in [5.41, 5.74) is 0.705. The number of aldehydes is 2. The summed E-state index contributed by atoms with van der Waals surface area (Å²) in [7, 11) is 0. The van der Waals surface area contributed by atoms with Gasteiger partial charge in [-0.15, -0.1) is 22.7 Å². The monoisotopic (exact) mass is 246 g/mol. The Bertz CT molecular complexity index is 706. The van der Waals surface area contributed by atoms with Crippen molar-refractivity contribution in [2.45, 2.75) is 0 Å². The molecule has 0 fully saturated rings. The SMILES string of the molecule is O=Cc1cc2c(cc(C=O)c3sccc32)s1. The molecule has 0 aliphatic carbocycles. The molecule has 0 aliphatic heterocycles. The van der Waals surface area contributed by atoms with Gasteiger partial charge in [0.2, 0.25) is 0 Å². The van der Waals surface area contributed by atoms with Crippen molar-refractivity contribution in [1.29, 1.82) is 0 Å². The standard InChI is InChI=1S/C12H6O2S2/c13-5-7-3-11-10(4-8(6-14)16-11)9-1-2-15-12(7)9/h1-6H. The lowest BCUT2D eigenvalue weighted by molar-refractivity contribution is 0.111. The molecule has 0 N–H and O–H groups in total. The third-order valence-electron chi connectivity index (χ3n) is 2.53. The first-order chi connectivity index (χ1) is 7.83. The van der Waals surface area contributed by atoms with E-state index in [4.69, 9.17) is 0 Å². The molecule has 2 heterocycles. The molecule has 3 rings (SSSR count). The van der Waals surface area contributed by atoms with E-state index in [0.717, 1.165) is 32.7 Å². The van der Waals surface area contributed by atoms with Crippen LogP contribution in [-0.2, 0) is 0 Å². The van der Waals surface area contributed by atoms with Crippen molar-refractivity contribution in [3.05, 3.63) is 34.0 Å². The lowest BCUT2D eigenvalue weighted by atomic mass is 10.1. The third kappa shape index (κ3) is 1.24. The van der Waals surface area contributed by atoms with E-state index in [1.54, 1.807) is 11.3 Å². The van der Waals surface area contributed by atoms with Gasteiger partial charge in [0.1, 0.15) is 0 Å². The van der Waals surface area contributed by atoms with Gasteiger partial charge in [0.25, 0.3) is 0 Å². The molecule has 0 unspecified atom stereocenters. The fourth-order valence-corrected chi connectivity index (χ4v) is 3.67. The van der Waals surface area contributed by atoms with Gasteiger partial charge in [-0.2, -0.15) is 0 Å². The summed E-state index contributed by atoms with van der Waals surface area (Å²) in [6, 6.07) is 5.74. The number of hydrogen-bond donors (Lipinski definition) is 0. The van der Waals surface area contributed by atoms with Crippen molar-refractivity contribution in [2.75, 3.05) is 0 Å². The topological polar surface area (TPSA) is 34.1 Å². The molecule has 1 aromatic carbocycles. The highest BCUT2D eigenvalue weighted by molar-refractivity contribution is 7.21. The van der Waals surface area contributed by atoms with Crippen LogP contribution in [0.4, 0.5) is 0 Å². The highest BCUT2D eigenvalue weighted by Gasteiger charge is 2.10. The van der Waals surface area contributed by atoms with Crippen LogP contribution in [0.3, 0.4) is 0 Å². The summed E-state index contributed by atoms with van der Waals surface area (Å²) >= 11 is 2.98. The van der Waals surface area contributed by atoms with Crippen molar-refractivity contribution in [1.82, 2.24) is 0 Å². The zero-order valence-corrected chi connectivity index (χ0v) is 9.73. The van der Waals surface area contributed by atoms with Gasteiger partial charge >= 0.3 is 0 Å². The van der Waals surface area contributed by atoms with Crippen LogP contribution in [0, 0.1) is 0 Å². The molecular formula is C12H6O2S2. The highest BCUT2D eigenvalue weighted by atomic mass is 32.1. The number of fused-ring (bicyclic) bond motifs is 3. The summed E-state index contributed by atoms with van der Waals surface area (Å²) in [6.45, 7) is 0. The highest BCUT2D eigenvalue weighted by Crippen LogP contribution is 2.35. The van der Waals surface area contributed by atoms with Crippen LogP contribution >= 0.6 is 22.7 Å². The number of carbonyl (C=O) groups is 2. The minimum atomic E-state index is 0.700. The molecule has 0 spiro atoms. The molecule has 0 bridgehead atoms. The molecule has 0 atom stereocenters. The van der Waals surface area contributed by atoms with Crippen LogP contribution in [0.15, 0.2) is 23.6 Å². The molecule has 0 saturated heterocycles. The zero-order chi connectivity index (χ0) is 11.1. The molecule has 4 heteroatoms. The Labute approximate surface area is 99.1 Å². The van der Waals surface area contributed by atoms with E-state index in [9.17, 15) is 9.59 Å². The van der Waals surface area contributed by atoms with E-state index in [-0.39, 0.29) is 0 Å². The maximum atomic E-state index is 11.0. The first-order valence-corrected chi connectivity index (χ1v) is 6.37. The molecule has 0 aliphatic rings. The van der Waals surface area contributed by atoms with Gasteiger partial charge < -0.3 is 0 Å². The van der Waals surface area contributed by atoms with Gasteiger partial charge in [-0.3, -0.25) is 9.59 Å². The number of rotatable bonds is 2. The van der Waals surface area contributed by atoms with Crippen LogP contribution in [0.25, 0.3) is 20.2 Å². The predicted molar refractivity (Wildman–Crippen MR) is 68.0 cm³/mol. The number of thiophene rings is 2. The Morgan fingerprint density at radius 2 is 1.94 bits per heavy atom. The van der Waals surface area contributed by atoms with Crippen LogP contribution < -0.4 is 0 Å². The van der Waals surface area contributed by atoms with E-state index in [1.807, 2.05) is 23.6 Å². The van der Waals surface area contributed by atoms with Crippen LogP contribution in [-0.4, -0.2) is 12.6 Å². The summed E-state index contributed by atoms with van der Waals surface area (Å²) in [5.74, 6) is 0. The average Bonchev–Trinajstić information content (AvgIpc) is 2.92. The van der Waals surface area contributed by atoms with Crippen molar-refractivity contribution >= 4 is 55.4 Å². The average molecular weight is 246 g/mol. The minimum absolute atomic E-state index is 0.700. The third-order valence-corrected chi connectivity index (χ3v) is 4.50. The molecule has 78 valence electrons. The van der Waals surface area contributed by atoms with E-state index in [0.29, 0.717) is 10.4 Å². The molecule has 0 amide bonds. The van der Waals surface area contributed by atoms with E-state index < -0.39 is 0 Å². The quantitative estimate of drug-likeness (QED) is 0.645. The van der Waals surface area contributed by atoms with Crippen molar-refractivity contribution in [3.8, 4) is 0 Å². The summed E-state index contributed by atoms with van der Waals surface area (Å²) < 4.78 is 1.99. The normalized spacial score (nSPS) is 11.0. The first-order valence-electron chi connectivity index (χ1n) is 4.67. The van der Waals surface area contributed by atoms with E-state index in [2.05, 4.69) is 0 Å². The summed E-state index contributed by atoms with van der Waals surface area (Å²) in [5, 5.41) is 4.10. The van der Waals surface area contributed by atoms with Crippen LogP contribution in [0.5, 0.6) is 0 Å². The van der Waals surface area contributed by atoms with Gasteiger partial charge in [0.15, 0.2) is 12.6 Å². The lowest BCUT2D eigenvalue weighted by Gasteiger charge is -1.96. The number of carbonyl (C=O) groups excluding carboxylic acids is 2. The second kappa shape index (κ2) is 3.50. The number of hydrogen-bond acceptors (Lipinski definition) is 4. The molecule has 0 saturated carbocycles. The molecule has 2 nitrogen and oxygen atoms in total. The van der Waals surface area contributed by atoms with Crippen molar-refractivity contribution in [2.24, 2.45) is 0 Å². The Hall–Kier alpha value is -1.52. The second-order valence-electron chi connectivity index (χ2n) is 3.43. The van der Waals surface area contributed by atoms with Crippen molar-refractivity contribution in [3.63, 3.8) is 0 Å². The Balaban J connectivity index is 2.55. The predicted octanol–water partition coefficient (Wildman–Crippen LogP) is 3.74. The molecule has 16 heavy (non-hydrogen) atoms. The second-order valence-corrected chi connectivity index (χ2v) is 5.46. The smallest absolute Gasteiger partial charge is 0.160 e. The maximum Gasteiger partial charge on any atom is 0.160 e. The first kappa shape index (κ1) is 9.69. The van der Waals surface area contributed by atoms with Crippen molar-refractivity contribution < 1.29 is 9.59 Å². The van der Waals surface area contributed by atoms with E-state index >= 15 is 0 Å². The fraction of sp³-hybridized carbons (Fsp3) is 0. The fourth-order valence-electron chi connectivity index (χ4n) is 1.84. The Morgan fingerprint density at radius 1 is 1.06 bits per heavy atom. The van der Waals surface area contributed by atoms with Gasteiger partial charge in [-0.1, -0.05) is 0 Å². The molecule has 2 aromatic heterocycles. The Morgan fingerprint density at radius 3 is 2.69 bits per heavy atom. The van der Waals surface area contributed by atoms with Gasteiger partial charge in [-0.05, 0) is 23.6 Å². The lowest BCUT2D eigenvalue weighted by Crippen LogP contribution is -1.78. The maximum absolute atomic E-state index is 11.0. The number of benzene rings is 1. The Kier molecular flexibility index (Phi) is 2.12. The summed E-state index contributed by atoms with van der Waals surface area (Å²) in [4.78, 5) is 22.4. The van der Waals surface area contributed by atoms with Gasteiger partial charge in [0, 0.05) is 25.7 Å². The van der Waals surface area contributed by atoms with Crippen LogP contribution in [0.1, 0.15) is 20.0 Å².